The Kier molecular flexibility index (Phi) is 3.00. The van der Waals surface area contributed by atoms with Crippen LogP contribution in [-0.2, 0) is 0 Å². The molecule has 7 heteroatoms. The lowest BCUT2D eigenvalue weighted by Gasteiger charge is -2.04. The molecular weight excluding hydrogens is 258 g/mol. The Hall–Kier alpha value is -2.96. The molecule has 100 valence electrons. The van der Waals surface area contributed by atoms with Crippen LogP contribution in [0, 0.1) is 6.92 Å². The molecule has 2 N–H and O–H groups in total. The molecule has 7 nitrogen and oxygen atoms in total. The van der Waals surface area contributed by atoms with E-state index in [9.17, 15) is 4.79 Å². The number of H-pyrrole nitrogens is 1. The first-order valence-corrected chi connectivity index (χ1v) is 5.93. The average molecular weight is 269 g/mol. The standard InChI is InChI=1S/C13H11N5O2/c1-8-16-12(18-20-8)9-3-2-4-11(5-9)17-13(19)10-6-14-15-7-10/h2-7H,1H3,(H,14,15)(H,17,19). The summed E-state index contributed by atoms with van der Waals surface area (Å²) < 4.78 is 4.94. The van der Waals surface area contributed by atoms with Gasteiger partial charge in [0.2, 0.25) is 11.7 Å². The van der Waals surface area contributed by atoms with Gasteiger partial charge in [-0.15, -0.1) is 0 Å². The van der Waals surface area contributed by atoms with Crippen molar-refractivity contribution in [1.29, 1.82) is 0 Å². The number of nitrogens with one attached hydrogen (secondary N) is 2. The van der Waals surface area contributed by atoms with Crippen molar-refractivity contribution < 1.29 is 9.32 Å². The van der Waals surface area contributed by atoms with Crippen molar-refractivity contribution in [3.63, 3.8) is 0 Å². The number of aryl methyl sites for hydroxylation is 1. The van der Waals surface area contributed by atoms with Crippen LogP contribution in [0.5, 0.6) is 0 Å². The summed E-state index contributed by atoms with van der Waals surface area (Å²) in [6.07, 6.45) is 2.99. The Morgan fingerprint density at radius 1 is 1.40 bits per heavy atom. The van der Waals surface area contributed by atoms with E-state index in [1.807, 2.05) is 12.1 Å². The van der Waals surface area contributed by atoms with Crippen molar-refractivity contribution >= 4 is 11.6 Å². The van der Waals surface area contributed by atoms with Gasteiger partial charge in [0.25, 0.3) is 5.91 Å². The first-order valence-electron chi connectivity index (χ1n) is 5.93. The first-order chi connectivity index (χ1) is 9.72. The molecule has 1 aromatic carbocycles. The molecular formula is C13H11N5O2. The number of anilines is 1. The van der Waals surface area contributed by atoms with E-state index in [0.717, 1.165) is 5.56 Å². The summed E-state index contributed by atoms with van der Waals surface area (Å²) >= 11 is 0. The SMILES string of the molecule is Cc1nc(-c2cccc(NC(=O)c3cn[nH]c3)c2)no1. The van der Waals surface area contributed by atoms with Crippen LogP contribution in [0.2, 0.25) is 0 Å². The zero-order valence-electron chi connectivity index (χ0n) is 10.6. The van der Waals surface area contributed by atoms with E-state index in [1.165, 1.54) is 12.4 Å². The van der Waals surface area contributed by atoms with Gasteiger partial charge in [0.05, 0.1) is 11.8 Å². The summed E-state index contributed by atoms with van der Waals surface area (Å²) in [5, 5.41) is 12.9. The number of carbonyl (C=O) groups excluding carboxylic acids is 1. The molecule has 0 bridgehead atoms. The lowest BCUT2D eigenvalue weighted by molar-refractivity contribution is 0.102. The highest BCUT2D eigenvalue weighted by atomic mass is 16.5. The maximum absolute atomic E-state index is 11.9. The van der Waals surface area contributed by atoms with Gasteiger partial charge >= 0.3 is 0 Å². The van der Waals surface area contributed by atoms with Gasteiger partial charge in [-0.25, -0.2) is 0 Å². The molecule has 0 aliphatic rings. The van der Waals surface area contributed by atoms with E-state index in [-0.39, 0.29) is 5.91 Å². The zero-order valence-corrected chi connectivity index (χ0v) is 10.6. The molecule has 20 heavy (non-hydrogen) atoms. The molecule has 3 rings (SSSR count). The predicted octanol–water partition coefficient (Wildman–Crippen LogP) is 2.02. The lowest BCUT2D eigenvalue weighted by atomic mass is 10.2. The Balaban J connectivity index is 1.83. The fourth-order valence-electron chi connectivity index (χ4n) is 1.73. The Labute approximate surface area is 114 Å². The highest BCUT2D eigenvalue weighted by Crippen LogP contribution is 2.20. The summed E-state index contributed by atoms with van der Waals surface area (Å²) in [5.74, 6) is 0.745. The summed E-state index contributed by atoms with van der Waals surface area (Å²) in [5.41, 5.74) is 1.88. The third kappa shape index (κ3) is 2.41. The second kappa shape index (κ2) is 4.96. The normalized spacial score (nSPS) is 10.4. The third-order valence-corrected chi connectivity index (χ3v) is 2.67. The topological polar surface area (TPSA) is 96.7 Å². The highest BCUT2D eigenvalue weighted by Gasteiger charge is 2.09. The number of hydrogen-bond donors (Lipinski definition) is 2. The minimum atomic E-state index is -0.236. The summed E-state index contributed by atoms with van der Waals surface area (Å²) in [6, 6.07) is 7.22. The highest BCUT2D eigenvalue weighted by molar-refractivity contribution is 6.04. The molecule has 3 aromatic rings. The smallest absolute Gasteiger partial charge is 0.258 e. The van der Waals surface area contributed by atoms with Crippen molar-refractivity contribution in [2.45, 2.75) is 6.92 Å². The Morgan fingerprint density at radius 3 is 3.00 bits per heavy atom. The van der Waals surface area contributed by atoms with Gasteiger partial charge in [0.1, 0.15) is 0 Å². The van der Waals surface area contributed by atoms with E-state index in [0.29, 0.717) is 23.0 Å². The number of aromatic amines is 1. The van der Waals surface area contributed by atoms with Gasteiger partial charge in [0.15, 0.2) is 0 Å². The van der Waals surface area contributed by atoms with Gasteiger partial charge < -0.3 is 9.84 Å². The van der Waals surface area contributed by atoms with E-state index in [4.69, 9.17) is 4.52 Å². The maximum atomic E-state index is 11.9. The van der Waals surface area contributed by atoms with Gasteiger partial charge in [-0.3, -0.25) is 9.89 Å². The molecule has 0 aliphatic heterocycles. The second-order valence-corrected chi connectivity index (χ2v) is 4.16. The van der Waals surface area contributed by atoms with Crippen LogP contribution in [0.3, 0.4) is 0 Å². The van der Waals surface area contributed by atoms with Crippen LogP contribution in [0.1, 0.15) is 16.2 Å². The lowest BCUT2D eigenvalue weighted by Crippen LogP contribution is -2.10. The number of hydrogen-bond acceptors (Lipinski definition) is 5. The molecule has 0 saturated heterocycles. The molecule has 0 fully saturated rings. The van der Waals surface area contributed by atoms with Crippen molar-refractivity contribution in [2.24, 2.45) is 0 Å². The van der Waals surface area contributed by atoms with Crippen LogP contribution in [-0.4, -0.2) is 26.2 Å². The Morgan fingerprint density at radius 2 is 2.30 bits per heavy atom. The van der Waals surface area contributed by atoms with Crippen LogP contribution in [0.4, 0.5) is 5.69 Å². The predicted molar refractivity (Wildman–Crippen MR) is 71.0 cm³/mol. The quantitative estimate of drug-likeness (QED) is 0.758. The Bertz CT molecular complexity index is 733. The summed E-state index contributed by atoms with van der Waals surface area (Å²) in [7, 11) is 0. The van der Waals surface area contributed by atoms with E-state index in [2.05, 4.69) is 25.7 Å². The minimum absolute atomic E-state index is 0.236. The average Bonchev–Trinajstić information content (AvgIpc) is 3.10. The van der Waals surface area contributed by atoms with Crippen molar-refractivity contribution in [3.05, 3.63) is 48.1 Å². The molecule has 0 saturated carbocycles. The number of aromatic nitrogens is 4. The number of carbonyl (C=O) groups is 1. The number of amides is 1. The number of benzene rings is 1. The molecule has 1 amide bonds. The van der Waals surface area contributed by atoms with E-state index < -0.39 is 0 Å². The van der Waals surface area contributed by atoms with Gasteiger partial charge in [-0.2, -0.15) is 10.1 Å². The largest absolute Gasteiger partial charge is 0.339 e. The fraction of sp³-hybridized carbons (Fsp3) is 0.0769. The van der Waals surface area contributed by atoms with Crippen molar-refractivity contribution in [3.8, 4) is 11.4 Å². The first kappa shape index (κ1) is 12.1. The van der Waals surface area contributed by atoms with E-state index in [1.54, 1.807) is 19.1 Å². The molecule has 0 spiro atoms. The van der Waals surface area contributed by atoms with Crippen molar-refractivity contribution in [2.75, 3.05) is 5.32 Å². The van der Waals surface area contributed by atoms with Gasteiger partial charge in [-0.05, 0) is 12.1 Å². The van der Waals surface area contributed by atoms with Crippen LogP contribution < -0.4 is 5.32 Å². The van der Waals surface area contributed by atoms with E-state index >= 15 is 0 Å². The van der Waals surface area contributed by atoms with Crippen LogP contribution in [0.15, 0.2) is 41.2 Å². The zero-order chi connectivity index (χ0) is 13.9. The molecule has 0 unspecified atom stereocenters. The third-order valence-electron chi connectivity index (χ3n) is 2.67. The number of nitrogens with zero attached hydrogens (tertiary/aromatic N) is 3. The van der Waals surface area contributed by atoms with Gasteiger partial charge in [-0.1, -0.05) is 17.3 Å². The summed E-state index contributed by atoms with van der Waals surface area (Å²) in [6.45, 7) is 1.72. The van der Waals surface area contributed by atoms with Crippen LogP contribution in [0.25, 0.3) is 11.4 Å². The molecule has 2 aromatic heterocycles. The monoisotopic (exact) mass is 269 g/mol. The number of rotatable bonds is 3. The molecule has 0 aliphatic carbocycles. The summed E-state index contributed by atoms with van der Waals surface area (Å²) in [4.78, 5) is 16.1. The second-order valence-electron chi connectivity index (χ2n) is 4.16. The van der Waals surface area contributed by atoms with Crippen molar-refractivity contribution in [1.82, 2.24) is 20.3 Å². The minimum Gasteiger partial charge on any atom is -0.339 e. The fourth-order valence-corrected chi connectivity index (χ4v) is 1.73. The molecule has 0 radical (unpaired) electrons. The maximum Gasteiger partial charge on any atom is 0.258 e. The molecule has 0 atom stereocenters. The van der Waals surface area contributed by atoms with Crippen LogP contribution >= 0.6 is 0 Å². The van der Waals surface area contributed by atoms with Gasteiger partial charge in [0, 0.05) is 24.4 Å². The molecule has 2 heterocycles.